The first kappa shape index (κ1) is 18.4. The van der Waals surface area contributed by atoms with E-state index in [-0.39, 0.29) is 17.7 Å². The number of carbonyl (C=O) groups excluding carboxylic acids is 1. The van der Waals surface area contributed by atoms with Gasteiger partial charge < -0.3 is 15.2 Å². The Balaban J connectivity index is 1.73. The lowest BCUT2D eigenvalue weighted by molar-refractivity contribution is 0.0324. The largest absolute Gasteiger partial charge is 0.503 e. The molecule has 1 aliphatic carbocycles. The summed E-state index contributed by atoms with van der Waals surface area (Å²) in [6.07, 6.45) is 4.85. The van der Waals surface area contributed by atoms with E-state index in [1.807, 2.05) is 0 Å². The number of amides is 1. The molecule has 2 N–H and O–H groups in total. The van der Waals surface area contributed by atoms with Gasteiger partial charge in [-0.1, -0.05) is 12.8 Å². The van der Waals surface area contributed by atoms with E-state index in [4.69, 9.17) is 4.74 Å². The number of cyclic esters (lactones) is 1. The topological polar surface area (TPSA) is 87.6 Å². The third-order valence-electron chi connectivity index (χ3n) is 5.15. The standard InChI is InChI=1S/C19H20F2N4O3/c1-19(2)12-9-22-17(23-10-7-13(20)15(26)14(21)8-10)24-16(12)25(18(27)28-19)11-5-3-4-6-11/h7-9,11,26H,3-6H2,1-2H3,(H,22,23,24). The molecule has 1 fully saturated rings. The molecule has 2 aromatic rings. The van der Waals surface area contributed by atoms with Crippen LogP contribution in [0.3, 0.4) is 0 Å². The zero-order valence-corrected chi connectivity index (χ0v) is 15.5. The molecule has 2 heterocycles. The van der Waals surface area contributed by atoms with Crippen molar-refractivity contribution in [2.24, 2.45) is 0 Å². The van der Waals surface area contributed by atoms with E-state index < -0.39 is 29.1 Å². The van der Waals surface area contributed by atoms with Gasteiger partial charge >= 0.3 is 6.09 Å². The first-order chi connectivity index (χ1) is 13.3. The Kier molecular flexibility index (Phi) is 4.32. The highest BCUT2D eigenvalue weighted by Gasteiger charge is 2.43. The van der Waals surface area contributed by atoms with Gasteiger partial charge in [-0.05, 0) is 26.7 Å². The van der Waals surface area contributed by atoms with Crippen LogP contribution in [0.25, 0.3) is 0 Å². The maximum atomic E-state index is 13.6. The third-order valence-corrected chi connectivity index (χ3v) is 5.15. The van der Waals surface area contributed by atoms with Crippen LogP contribution in [0.5, 0.6) is 5.75 Å². The molecule has 28 heavy (non-hydrogen) atoms. The van der Waals surface area contributed by atoms with Crippen LogP contribution in [0.2, 0.25) is 0 Å². The summed E-state index contributed by atoms with van der Waals surface area (Å²) >= 11 is 0. The van der Waals surface area contributed by atoms with Gasteiger partial charge in [0, 0.05) is 30.1 Å². The summed E-state index contributed by atoms with van der Waals surface area (Å²) in [6.45, 7) is 3.52. The number of benzene rings is 1. The summed E-state index contributed by atoms with van der Waals surface area (Å²) in [5.74, 6) is -2.73. The lowest BCUT2D eigenvalue weighted by Gasteiger charge is -2.39. The zero-order valence-electron chi connectivity index (χ0n) is 15.5. The number of anilines is 3. The number of halogens is 2. The molecule has 7 nitrogen and oxygen atoms in total. The Morgan fingerprint density at radius 2 is 1.89 bits per heavy atom. The second-order valence-corrected chi connectivity index (χ2v) is 7.53. The maximum absolute atomic E-state index is 13.6. The molecule has 1 aromatic carbocycles. The summed E-state index contributed by atoms with van der Waals surface area (Å²) in [6, 6.07) is 1.87. The van der Waals surface area contributed by atoms with Gasteiger partial charge in [-0.2, -0.15) is 4.98 Å². The van der Waals surface area contributed by atoms with Crippen LogP contribution in [-0.4, -0.2) is 27.2 Å². The van der Waals surface area contributed by atoms with Crippen LogP contribution in [0.1, 0.15) is 45.1 Å². The average molecular weight is 390 g/mol. The van der Waals surface area contributed by atoms with Crippen molar-refractivity contribution >= 4 is 23.5 Å². The van der Waals surface area contributed by atoms with Crippen LogP contribution in [0.15, 0.2) is 18.3 Å². The van der Waals surface area contributed by atoms with Crippen LogP contribution in [0.4, 0.5) is 31.0 Å². The van der Waals surface area contributed by atoms with Crippen molar-refractivity contribution < 1.29 is 23.4 Å². The molecule has 2 aliphatic rings. The number of aromatic nitrogens is 2. The van der Waals surface area contributed by atoms with Gasteiger partial charge in [-0.25, -0.2) is 18.6 Å². The van der Waals surface area contributed by atoms with Gasteiger partial charge in [-0.15, -0.1) is 0 Å². The molecule has 1 amide bonds. The van der Waals surface area contributed by atoms with Gasteiger partial charge in [0.05, 0.1) is 5.56 Å². The molecule has 0 spiro atoms. The van der Waals surface area contributed by atoms with Crippen molar-refractivity contribution in [1.29, 1.82) is 0 Å². The molecule has 1 saturated carbocycles. The second-order valence-electron chi connectivity index (χ2n) is 7.53. The molecule has 148 valence electrons. The first-order valence-electron chi connectivity index (χ1n) is 9.11. The van der Waals surface area contributed by atoms with E-state index in [0.717, 1.165) is 37.8 Å². The molecule has 0 atom stereocenters. The minimum Gasteiger partial charge on any atom is -0.503 e. The quantitative estimate of drug-likeness (QED) is 0.758. The van der Waals surface area contributed by atoms with Crippen molar-refractivity contribution in [3.8, 4) is 5.75 Å². The average Bonchev–Trinajstić information content (AvgIpc) is 3.13. The Morgan fingerprint density at radius 1 is 1.25 bits per heavy atom. The number of carbonyl (C=O) groups is 1. The van der Waals surface area contributed by atoms with Crippen LogP contribution >= 0.6 is 0 Å². The number of rotatable bonds is 3. The predicted octanol–water partition coefficient (Wildman–Crippen LogP) is 4.34. The molecule has 0 radical (unpaired) electrons. The monoisotopic (exact) mass is 390 g/mol. The normalized spacial score (nSPS) is 18.7. The Hall–Kier alpha value is -2.97. The van der Waals surface area contributed by atoms with Gasteiger partial charge in [0.15, 0.2) is 23.2 Å². The van der Waals surface area contributed by atoms with Crippen LogP contribution < -0.4 is 10.2 Å². The van der Waals surface area contributed by atoms with Crippen molar-refractivity contribution in [2.45, 2.75) is 51.2 Å². The summed E-state index contributed by atoms with van der Waals surface area (Å²) in [4.78, 5) is 22.9. The zero-order chi connectivity index (χ0) is 20.1. The van der Waals surface area contributed by atoms with Crippen LogP contribution in [0, 0.1) is 11.6 Å². The number of nitrogens with one attached hydrogen (secondary N) is 1. The highest BCUT2D eigenvalue weighted by Crippen LogP contribution is 2.41. The molecule has 1 aliphatic heterocycles. The van der Waals surface area contributed by atoms with Gasteiger partial charge in [0.1, 0.15) is 5.60 Å². The molecule has 9 heteroatoms. The van der Waals surface area contributed by atoms with E-state index in [1.54, 1.807) is 24.9 Å². The number of hydrogen-bond acceptors (Lipinski definition) is 6. The number of nitrogens with zero attached hydrogens (tertiary/aromatic N) is 3. The van der Waals surface area contributed by atoms with E-state index in [9.17, 15) is 18.7 Å². The van der Waals surface area contributed by atoms with Crippen LogP contribution in [-0.2, 0) is 10.3 Å². The number of aromatic hydroxyl groups is 1. The molecular formula is C19H20F2N4O3. The highest BCUT2D eigenvalue weighted by molar-refractivity contribution is 5.91. The lowest BCUT2D eigenvalue weighted by atomic mass is 9.97. The smallest absolute Gasteiger partial charge is 0.416 e. The number of phenols is 1. The Morgan fingerprint density at radius 3 is 2.54 bits per heavy atom. The Bertz CT molecular complexity index is 922. The van der Waals surface area contributed by atoms with Gasteiger partial charge in [-0.3, -0.25) is 4.90 Å². The van der Waals surface area contributed by atoms with Crippen molar-refractivity contribution in [2.75, 3.05) is 10.2 Å². The van der Waals surface area contributed by atoms with Crippen molar-refractivity contribution in [3.05, 3.63) is 35.5 Å². The van der Waals surface area contributed by atoms with Gasteiger partial charge in [0.25, 0.3) is 0 Å². The lowest BCUT2D eigenvalue weighted by Crippen LogP contribution is -2.48. The fraction of sp³-hybridized carbons (Fsp3) is 0.421. The predicted molar refractivity (Wildman–Crippen MR) is 97.6 cm³/mol. The number of hydrogen-bond donors (Lipinski definition) is 2. The first-order valence-corrected chi connectivity index (χ1v) is 9.11. The van der Waals surface area contributed by atoms with Gasteiger partial charge in [0.2, 0.25) is 5.95 Å². The molecule has 0 saturated heterocycles. The molecule has 0 unspecified atom stereocenters. The number of fused-ring (bicyclic) bond motifs is 1. The third kappa shape index (κ3) is 3.10. The summed E-state index contributed by atoms with van der Waals surface area (Å²) in [5, 5.41) is 12.0. The Labute approximate surface area is 160 Å². The number of ether oxygens (including phenoxy) is 1. The van der Waals surface area contributed by atoms with Crippen molar-refractivity contribution in [1.82, 2.24) is 9.97 Å². The molecular weight excluding hydrogens is 370 g/mol. The minimum atomic E-state index is -1.10. The summed E-state index contributed by atoms with van der Waals surface area (Å²) < 4.78 is 32.8. The minimum absolute atomic E-state index is 0.00587. The summed E-state index contributed by atoms with van der Waals surface area (Å²) in [7, 11) is 0. The van der Waals surface area contributed by atoms with E-state index in [2.05, 4.69) is 15.3 Å². The van der Waals surface area contributed by atoms with E-state index >= 15 is 0 Å². The SMILES string of the molecule is CC1(C)OC(=O)N(C2CCCC2)c2nc(Nc3cc(F)c(O)c(F)c3)ncc21. The van der Waals surface area contributed by atoms with E-state index in [1.165, 1.54) is 0 Å². The van der Waals surface area contributed by atoms with E-state index in [0.29, 0.717) is 11.4 Å². The summed E-state index contributed by atoms with van der Waals surface area (Å²) in [5.41, 5.74) is -0.193. The highest BCUT2D eigenvalue weighted by atomic mass is 19.1. The molecule has 0 bridgehead atoms. The molecule has 1 aromatic heterocycles. The fourth-order valence-electron chi connectivity index (χ4n) is 3.70. The number of phenolic OH excluding ortho intramolecular Hbond substituents is 1. The fourth-order valence-corrected chi connectivity index (χ4v) is 3.70. The molecule has 4 rings (SSSR count). The maximum Gasteiger partial charge on any atom is 0.416 e. The van der Waals surface area contributed by atoms with Crippen molar-refractivity contribution in [3.63, 3.8) is 0 Å². The second kappa shape index (κ2) is 6.57.